The molecule has 0 aromatic carbocycles. The first kappa shape index (κ1) is 16.1. The van der Waals surface area contributed by atoms with E-state index in [0.717, 1.165) is 17.8 Å². The Bertz CT molecular complexity index is 273. The summed E-state index contributed by atoms with van der Waals surface area (Å²) in [6.45, 7) is 22.1. The molecule has 0 bridgehead atoms. The first-order chi connectivity index (χ1) is 7.89. The second kappa shape index (κ2) is 4.84. The summed E-state index contributed by atoms with van der Waals surface area (Å²) in [6, 6.07) is 0. The largest absolute Gasteiger partial charge is 0.0625 e. The topological polar surface area (TPSA) is 0 Å². The summed E-state index contributed by atoms with van der Waals surface area (Å²) in [5.41, 5.74) is 1.32. The Kier molecular flexibility index (Phi) is 4.31. The molecular formula is C18H36. The van der Waals surface area contributed by atoms with Crippen molar-refractivity contribution in [1.82, 2.24) is 0 Å². The highest BCUT2D eigenvalue weighted by molar-refractivity contribution is 5.00. The molecule has 0 aromatic rings. The molecule has 0 aromatic heterocycles. The van der Waals surface area contributed by atoms with Gasteiger partial charge in [-0.05, 0) is 53.3 Å². The van der Waals surface area contributed by atoms with Crippen molar-refractivity contribution in [2.45, 2.75) is 81.6 Å². The van der Waals surface area contributed by atoms with Crippen molar-refractivity contribution in [3.63, 3.8) is 0 Å². The monoisotopic (exact) mass is 252 g/mol. The van der Waals surface area contributed by atoms with Gasteiger partial charge in [0, 0.05) is 0 Å². The van der Waals surface area contributed by atoms with Crippen molar-refractivity contribution in [3.8, 4) is 0 Å². The van der Waals surface area contributed by atoms with Gasteiger partial charge in [0.2, 0.25) is 0 Å². The highest BCUT2D eigenvalue weighted by Crippen LogP contribution is 2.59. The number of rotatable bonds is 1. The van der Waals surface area contributed by atoms with Crippen LogP contribution in [-0.4, -0.2) is 0 Å². The van der Waals surface area contributed by atoms with Gasteiger partial charge >= 0.3 is 0 Å². The molecule has 0 saturated heterocycles. The molecule has 108 valence electrons. The van der Waals surface area contributed by atoms with Gasteiger partial charge in [-0.1, -0.05) is 62.3 Å². The predicted octanol–water partition coefficient (Wildman–Crippen LogP) is 6.16. The smallest absolute Gasteiger partial charge is 0.0244 e. The Morgan fingerprint density at radius 3 is 1.83 bits per heavy atom. The van der Waals surface area contributed by atoms with Crippen LogP contribution in [-0.2, 0) is 0 Å². The van der Waals surface area contributed by atoms with Crippen LogP contribution in [0.3, 0.4) is 0 Å². The molecule has 0 radical (unpaired) electrons. The summed E-state index contributed by atoms with van der Waals surface area (Å²) < 4.78 is 0. The van der Waals surface area contributed by atoms with Crippen LogP contribution in [0.25, 0.3) is 0 Å². The number of hydrogen-bond acceptors (Lipinski definition) is 0. The molecule has 0 aliphatic heterocycles. The van der Waals surface area contributed by atoms with Gasteiger partial charge in [-0.2, -0.15) is 0 Å². The van der Waals surface area contributed by atoms with Gasteiger partial charge in [0.1, 0.15) is 0 Å². The number of hydrogen-bond donors (Lipinski definition) is 0. The standard InChI is InChI=1S/C18H36/c1-13(2)14-10-11-18(9,17(6,7)8)15(12-14)16(3,4)5/h13-15H,10-12H2,1-9H3. The molecule has 1 saturated carbocycles. The molecule has 1 aliphatic carbocycles. The highest BCUT2D eigenvalue weighted by Gasteiger charge is 2.51. The summed E-state index contributed by atoms with van der Waals surface area (Å²) in [6.07, 6.45) is 4.26. The molecule has 0 N–H and O–H groups in total. The van der Waals surface area contributed by atoms with Crippen LogP contribution in [0.2, 0.25) is 0 Å². The second-order valence-electron chi connectivity index (χ2n) is 9.36. The van der Waals surface area contributed by atoms with Gasteiger partial charge in [-0.3, -0.25) is 0 Å². The average Bonchev–Trinajstić information content (AvgIpc) is 2.14. The van der Waals surface area contributed by atoms with E-state index >= 15 is 0 Å². The van der Waals surface area contributed by atoms with Gasteiger partial charge in [0.15, 0.2) is 0 Å². The van der Waals surface area contributed by atoms with E-state index in [4.69, 9.17) is 0 Å². The molecule has 0 nitrogen and oxygen atoms in total. The molecule has 3 atom stereocenters. The minimum Gasteiger partial charge on any atom is -0.0625 e. The van der Waals surface area contributed by atoms with E-state index in [1.54, 1.807) is 0 Å². The van der Waals surface area contributed by atoms with Crippen LogP contribution in [0.1, 0.15) is 81.6 Å². The van der Waals surface area contributed by atoms with E-state index in [1.807, 2.05) is 0 Å². The van der Waals surface area contributed by atoms with Crippen LogP contribution in [0.15, 0.2) is 0 Å². The fourth-order valence-electron chi connectivity index (χ4n) is 4.15. The molecule has 1 rings (SSSR count). The quantitative estimate of drug-likeness (QED) is 0.524. The lowest BCUT2D eigenvalue weighted by Crippen LogP contribution is -2.49. The van der Waals surface area contributed by atoms with Crippen molar-refractivity contribution in [3.05, 3.63) is 0 Å². The maximum atomic E-state index is 2.56. The van der Waals surface area contributed by atoms with E-state index in [2.05, 4.69) is 62.3 Å². The molecule has 1 aliphatic rings. The fraction of sp³-hybridized carbons (Fsp3) is 1.00. The zero-order chi connectivity index (χ0) is 14.4. The van der Waals surface area contributed by atoms with E-state index < -0.39 is 0 Å². The maximum absolute atomic E-state index is 2.56. The molecule has 1 fully saturated rings. The van der Waals surface area contributed by atoms with Gasteiger partial charge in [0.25, 0.3) is 0 Å². The summed E-state index contributed by atoms with van der Waals surface area (Å²) in [4.78, 5) is 0. The lowest BCUT2D eigenvalue weighted by Gasteiger charge is -2.57. The van der Waals surface area contributed by atoms with Crippen molar-refractivity contribution in [1.29, 1.82) is 0 Å². The van der Waals surface area contributed by atoms with Gasteiger partial charge in [-0.25, -0.2) is 0 Å². The summed E-state index contributed by atoms with van der Waals surface area (Å²) in [7, 11) is 0. The van der Waals surface area contributed by atoms with Crippen LogP contribution in [0.5, 0.6) is 0 Å². The van der Waals surface area contributed by atoms with Crippen molar-refractivity contribution < 1.29 is 0 Å². The normalized spacial score (nSPS) is 35.0. The van der Waals surface area contributed by atoms with Crippen molar-refractivity contribution in [2.75, 3.05) is 0 Å². The Hall–Kier alpha value is 0. The van der Waals surface area contributed by atoms with Gasteiger partial charge in [0.05, 0.1) is 0 Å². The van der Waals surface area contributed by atoms with Crippen LogP contribution in [0, 0.1) is 34.0 Å². The first-order valence-electron chi connectivity index (χ1n) is 7.89. The third-order valence-electron chi connectivity index (χ3n) is 6.04. The Balaban J connectivity index is 3.07. The zero-order valence-corrected chi connectivity index (χ0v) is 14.4. The molecule has 0 heterocycles. The van der Waals surface area contributed by atoms with Crippen LogP contribution in [0.4, 0.5) is 0 Å². The third kappa shape index (κ3) is 2.94. The molecule has 0 amide bonds. The first-order valence-corrected chi connectivity index (χ1v) is 7.89. The predicted molar refractivity (Wildman–Crippen MR) is 82.7 cm³/mol. The van der Waals surface area contributed by atoms with Gasteiger partial charge < -0.3 is 0 Å². The second-order valence-corrected chi connectivity index (χ2v) is 9.36. The minimum atomic E-state index is 0.410. The van der Waals surface area contributed by atoms with E-state index in [9.17, 15) is 0 Å². The molecular weight excluding hydrogens is 216 g/mol. The van der Waals surface area contributed by atoms with Crippen molar-refractivity contribution >= 4 is 0 Å². The molecule has 18 heavy (non-hydrogen) atoms. The Morgan fingerprint density at radius 1 is 1.00 bits per heavy atom. The molecule has 0 heteroatoms. The zero-order valence-electron chi connectivity index (χ0n) is 14.4. The molecule has 0 spiro atoms. The fourth-order valence-corrected chi connectivity index (χ4v) is 4.15. The minimum absolute atomic E-state index is 0.410. The Labute approximate surface area is 116 Å². The van der Waals surface area contributed by atoms with E-state index in [-0.39, 0.29) is 0 Å². The highest BCUT2D eigenvalue weighted by atomic mass is 14.6. The summed E-state index contributed by atoms with van der Waals surface area (Å²) in [5, 5.41) is 0. The van der Waals surface area contributed by atoms with Crippen molar-refractivity contribution in [2.24, 2.45) is 34.0 Å². The van der Waals surface area contributed by atoms with E-state index in [1.165, 1.54) is 19.3 Å². The van der Waals surface area contributed by atoms with Crippen LogP contribution >= 0.6 is 0 Å². The summed E-state index contributed by atoms with van der Waals surface area (Å²) >= 11 is 0. The van der Waals surface area contributed by atoms with Gasteiger partial charge in [-0.15, -0.1) is 0 Å². The molecule has 3 unspecified atom stereocenters. The lowest BCUT2D eigenvalue weighted by molar-refractivity contribution is -0.0787. The SMILES string of the molecule is CC(C)C1CCC(C)(C(C)(C)C)C(C(C)(C)C)C1. The summed E-state index contributed by atoms with van der Waals surface area (Å²) in [5.74, 6) is 2.62. The maximum Gasteiger partial charge on any atom is -0.0244 e. The third-order valence-corrected chi connectivity index (χ3v) is 6.04. The van der Waals surface area contributed by atoms with Crippen LogP contribution < -0.4 is 0 Å². The average molecular weight is 252 g/mol. The van der Waals surface area contributed by atoms with E-state index in [0.29, 0.717) is 16.2 Å². The Morgan fingerprint density at radius 2 is 1.50 bits per heavy atom. The lowest BCUT2D eigenvalue weighted by atomic mass is 9.48.